The highest BCUT2D eigenvalue weighted by Crippen LogP contribution is 2.09. The van der Waals surface area contributed by atoms with E-state index in [1.54, 1.807) is 0 Å². The minimum absolute atomic E-state index is 0.103. The summed E-state index contributed by atoms with van der Waals surface area (Å²) in [6.07, 6.45) is 1.91. The standard InChI is InChI=1S/C12H24N2O5S/c1-5-6-14(8-11(15)16)12(17)10(7-9(2)3)13-20(4,18)19/h9-10,13H,5-8H2,1-4H3,(H,15,16). The van der Waals surface area contributed by atoms with E-state index >= 15 is 0 Å². The number of carbonyl (C=O) groups is 2. The predicted octanol–water partition coefficient (Wildman–Crippen LogP) is 0.274. The van der Waals surface area contributed by atoms with Crippen LogP contribution in [0.25, 0.3) is 0 Å². The number of nitrogens with one attached hydrogen (secondary N) is 1. The number of carboxylic acid groups (broad SMARTS) is 1. The minimum atomic E-state index is -3.54. The Bertz CT molecular complexity index is 433. The Kier molecular flexibility index (Phi) is 7.74. The van der Waals surface area contributed by atoms with Gasteiger partial charge in [-0.15, -0.1) is 0 Å². The van der Waals surface area contributed by atoms with E-state index in [4.69, 9.17) is 5.11 Å². The lowest BCUT2D eigenvalue weighted by Gasteiger charge is -2.26. The van der Waals surface area contributed by atoms with Crippen molar-refractivity contribution in [3.63, 3.8) is 0 Å². The molecule has 118 valence electrons. The number of rotatable bonds is 9. The molecule has 0 rings (SSSR count). The lowest BCUT2D eigenvalue weighted by molar-refractivity contribution is -0.145. The van der Waals surface area contributed by atoms with Gasteiger partial charge in [-0.25, -0.2) is 13.1 Å². The Morgan fingerprint density at radius 2 is 1.85 bits per heavy atom. The quantitative estimate of drug-likeness (QED) is 0.636. The summed E-state index contributed by atoms with van der Waals surface area (Å²) in [4.78, 5) is 24.3. The molecule has 0 saturated heterocycles. The molecule has 1 amide bonds. The maximum absolute atomic E-state index is 12.3. The van der Waals surface area contributed by atoms with Gasteiger partial charge in [0, 0.05) is 6.54 Å². The van der Waals surface area contributed by atoms with Crippen LogP contribution in [0, 0.1) is 5.92 Å². The molecule has 0 saturated carbocycles. The van der Waals surface area contributed by atoms with Gasteiger partial charge in [0.1, 0.15) is 12.6 Å². The monoisotopic (exact) mass is 308 g/mol. The zero-order chi connectivity index (χ0) is 15.9. The van der Waals surface area contributed by atoms with Gasteiger partial charge in [-0.2, -0.15) is 0 Å². The number of carboxylic acids is 1. The molecule has 0 heterocycles. The molecular formula is C12H24N2O5S. The van der Waals surface area contributed by atoms with E-state index in [0.717, 1.165) is 6.26 Å². The molecule has 0 radical (unpaired) electrons. The highest BCUT2D eigenvalue weighted by molar-refractivity contribution is 7.88. The third-order valence-electron chi connectivity index (χ3n) is 2.49. The van der Waals surface area contributed by atoms with Crippen molar-refractivity contribution in [2.24, 2.45) is 5.92 Å². The van der Waals surface area contributed by atoms with Gasteiger partial charge in [-0.05, 0) is 18.8 Å². The number of nitrogens with zero attached hydrogens (tertiary/aromatic N) is 1. The van der Waals surface area contributed by atoms with Gasteiger partial charge in [0.2, 0.25) is 15.9 Å². The van der Waals surface area contributed by atoms with Gasteiger partial charge < -0.3 is 10.0 Å². The van der Waals surface area contributed by atoms with E-state index in [1.165, 1.54) is 4.90 Å². The molecule has 1 atom stereocenters. The molecule has 0 aromatic rings. The van der Waals surface area contributed by atoms with Crippen molar-refractivity contribution in [1.29, 1.82) is 0 Å². The molecule has 0 spiro atoms. The summed E-state index contributed by atoms with van der Waals surface area (Å²) in [5.41, 5.74) is 0. The molecule has 0 aromatic carbocycles. The molecular weight excluding hydrogens is 284 g/mol. The number of sulfonamides is 1. The SMILES string of the molecule is CCCN(CC(=O)O)C(=O)C(CC(C)C)NS(C)(=O)=O. The van der Waals surface area contributed by atoms with Gasteiger partial charge in [0.05, 0.1) is 6.26 Å². The van der Waals surface area contributed by atoms with E-state index in [0.29, 0.717) is 12.8 Å². The summed E-state index contributed by atoms with van der Waals surface area (Å²) in [6, 6.07) is -0.920. The molecule has 0 aliphatic rings. The lowest BCUT2D eigenvalue weighted by Crippen LogP contribution is -2.50. The second-order valence-corrected chi connectivity index (χ2v) is 7.01. The number of amides is 1. The van der Waals surface area contributed by atoms with Crippen molar-refractivity contribution < 1.29 is 23.1 Å². The number of hydrogen-bond acceptors (Lipinski definition) is 4. The minimum Gasteiger partial charge on any atom is -0.480 e. The molecule has 0 aliphatic carbocycles. The third-order valence-corrected chi connectivity index (χ3v) is 3.21. The first-order valence-corrected chi connectivity index (χ1v) is 8.43. The normalized spacial score (nSPS) is 13.2. The van der Waals surface area contributed by atoms with E-state index in [-0.39, 0.29) is 12.5 Å². The summed E-state index contributed by atoms with van der Waals surface area (Å²) in [7, 11) is -3.54. The van der Waals surface area contributed by atoms with Crippen LogP contribution in [-0.4, -0.2) is 55.7 Å². The zero-order valence-corrected chi connectivity index (χ0v) is 13.2. The Labute approximate surface area is 120 Å². The number of aliphatic carboxylic acids is 1. The average Bonchev–Trinajstić information content (AvgIpc) is 2.23. The lowest BCUT2D eigenvalue weighted by atomic mass is 10.0. The molecule has 7 nitrogen and oxygen atoms in total. The fraction of sp³-hybridized carbons (Fsp3) is 0.833. The average molecular weight is 308 g/mol. The summed E-state index contributed by atoms with van der Waals surface area (Å²) in [5.74, 6) is -1.51. The van der Waals surface area contributed by atoms with Crippen LogP contribution < -0.4 is 4.72 Å². The molecule has 2 N–H and O–H groups in total. The molecule has 8 heteroatoms. The molecule has 0 aromatic heterocycles. The van der Waals surface area contributed by atoms with Crippen LogP contribution in [0.4, 0.5) is 0 Å². The first-order chi connectivity index (χ1) is 9.06. The topological polar surface area (TPSA) is 104 Å². The van der Waals surface area contributed by atoms with Crippen molar-refractivity contribution in [2.75, 3.05) is 19.3 Å². The molecule has 0 bridgehead atoms. The van der Waals surface area contributed by atoms with Crippen molar-refractivity contribution >= 4 is 21.9 Å². The second kappa shape index (κ2) is 8.21. The van der Waals surface area contributed by atoms with Crippen molar-refractivity contribution in [3.8, 4) is 0 Å². The van der Waals surface area contributed by atoms with Crippen LogP contribution in [-0.2, 0) is 19.6 Å². The number of carbonyl (C=O) groups excluding carboxylic acids is 1. The highest BCUT2D eigenvalue weighted by atomic mass is 32.2. The van der Waals surface area contributed by atoms with Crippen molar-refractivity contribution in [1.82, 2.24) is 9.62 Å². The highest BCUT2D eigenvalue weighted by Gasteiger charge is 2.28. The summed E-state index contributed by atoms with van der Waals surface area (Å²) >= 11 is 0. The van der Waals surface area contributed by atoms with E-state index < -0.39 is 34.5 Å². The molecule has 1 unspecified atom stereocenters. The van der Waals surface area contributed by atoms with Crippen LogP contribution in [0.5, 0.6) is 0 Å². The fourth-order valence-corrected chi connectivity index (χ4v) is 2.56. The van der Waals surface area contributed by atoms with E-state index in [2.05, 4.69) is 4.72 Å². The number of hydrogen-bond donors (Lipinski definition) is 2. The van der Waals surface area contributed by atoms with Crippen LogP contribution in [0.15, 0.2) is 0 Å². The van der Waals surface area contributed by atoms with E-state index in [1.807, 2.05) is 20.8 Å². The third kappa shape index (κ3) is 8.11. The predicted molar refractivity (Wildman–Crippen MR) is 75.7 cm³/mol. The van der Waals surface area contributed by atoms with E-state index in [9.17, 15) is 18.0 Å². The Hall–Kier alpha value is -1.15. The van der Waals surface area contributed by atoms with Crippen molar-refractivity contribution in [2.45, 2.75) is 39.7 Å². The van der Waals surface area contributed by atoms with Crippen LogP contribution in [0.2, 0.25) is 0 Å². The van der Waals surface area contributed by atoms with Gasteiger partial charge in [0.25, 0.3) is 0 Å². The maximum Gasteiger partial charge on any atom is 0.323 e. The summed E-state index contributed by atoms with van der Waals surface area (Å²) < 4.78 is 25.0. The Balaban J connectivity index is 5.09. The molecule has 20 heavy (non-hydrogen) atoms. The largest absolute Gasteiger partial charge is 0.480 e. The Morgan fingerprint density at radius 3 is 2.20 bits per heavy atom. The van der Waals surface area contributed by atoms with Crippen LogP contribution >= 0.6 is 0 Å². The zero-order valence-electron chi connectivity index (χ0n) is 12.4. The first kappa shape index (κ1) is 18.9. The molecule has 0 fully saturated rings. The smallest absolute Gasteiger partial charge is 0.323 e. The first-order valence-electron chi connectivity index (χ1n) is 6.54. The van der Waals surface area contributed by atoms with Gasteiger partial charge >= 0.3 is 5.97 Å². The van der Waals surface area contributed by atoms with Gasteiger partial charge in [-0.1, -0.05) is 20.8 Å². The van der Waals surface area contributed by atoms with Crippen LogP contribution in [0.3, 0.4) is 0 Å². The van der Waals surface area contributed by atoms with Crippen LogP contribution in [0.1, 0.15) is 33.6 Å². The van der Waals surface area contributed by atoms with Gasteiger partial charge in [-0.3, -0.25) is 9.59 Å². The van der Waals surface area contributed by atoms with Gasteiger partial charge in [0.15, 0.2) is 0 Å². The molecule has 0 aliphatic heterocycles. The fourth-order valence-electron chi connectivity index (χ4n) is 1.85. The maximum atomic E-state index is 12.3. The summed E-state index contributed by atoms with van der Waals surface area (Å²) in [6.45, 7) is 5.42. The van der Waals surface area contributed by atoms with Crippen molar-refractivity contribution in [3.05, 3.63) is 0 Å². The Morgan fingerprint density at radius 1 is 1.30 bits per heavy atom. The second-order valence-electron chi connectivity index (χ2n) is 5.23. The summed E-state index contributed by atoms with van der Waals surface area (Å²) in [5, 5.41) is 8.82.